The van der Waals surface area contributed by atoms with E-state index < -0.39 is 23.2 Å². The molecule has 2 aromatic rings. The quantitative estimate of drug-likeness (QED) is 0.378. The van der Waals surface area contributed by atoms with Gasteiger partial charge in [-0.2, -0.15) is 0 Å². The van der Waals surface area contributed by atoms with Gasteiger partial charge in [0, 0.05) is 22.2 Å². The van der Waals surface area contributed by atoms with E-state index >= 15 is 4.39 Å². The van der Waals surface area contributed by atoms with Crippen molar-refractivity contribution in [2.45, 2.75) is 43.2 Å². The highest BCUT2D eigenvalue weighted by atomic mass is 79.9. The van der Waals surface area contributed by atoms with Crippen molar-refractivity contribution in [2.75, 3.05) is 18.4 Å². The van der Waals surface area contributed by atoms with Gasteiger partial charge in [0.1, 0.15) is 23.1 Å². The zero-order chi connectivity index (χ0) is 27.3. The molecule has 3 heterocycles. The summed E-state index contributed by atoms with van der Waals surface area (Å²) in [5.74, 6) is -1.58. The summed E-state index contributed by atoms with van der Waals surface area (Å²) in [6.07, 6.45) is 7.61. The van der Waals surface area contributed by atoms with Crippen molar-refractivity contribution in [3.05, 3.63) is 80.0 Å². The number of hydrogen-bond donors (Lipinski definition) is 3. The van der Waals surface area contributed by atoms with Gasteiger partial charge in [-0.25, -0.2) is 4.39 Å². The van der Waals surface area contributed by atoms with Gasteiger partial charge in [0.25, 0.3) is 0 Å². The molecule has 39 heavy (non-hydrogen) atoms. The third kappa shape index (κ3) is 4.59. The Bertz CT molecular complexity index is 1410. The van der Waals surface area contributed by atoms with Gasteiger partial charge in [0.05, 0.1) is 16.1 Å². The van der Waals surface area contributed by atoms with E-state index in [0.29, 0.717) is 33.5 Å². The van der Waals surface area contributed by atoms with Crippen LogP contribution in [0.5, 0.6) is 5.75 Å². The monoisotopic (exact) mass is 633 g/mol. The zero-order valence-electron chi connectivity index (χ0n) is 20.9. The maximum atomic E-state index is 16.3. The highest BCUT2D eigenvalue weighted by molar-refractivity contribution is 9.10. The van der Waals surface area contributed by atoms with E-state index in [1.165, 1.54) is 0 Å². The van der Waals surface area contributed by atoms with E-state index in [1.807, 2.05) is 18.2 Å². The standard InChI is InChI=1S/C29H27BrCl2FN3O3/c30-21-6-7-23(39-18-8-10-34-11-9-18)25(26(21)33)27-29(19-5-4-17(32)13-22(19)35-28(29)38)20(14-24(37)36-27)15-2-1-3-16(31)12-15/h1-7,13,15,18,20,27,34H,8-12,14H2,(H,35,38)(H,36,37)/t15?,20-,27+,29-/m0/s1. The van der Waals surface area contributed by atoms with Crippen LogP contribution < -0.4 is 20.7 Å². The Morgan fingerprint density at radius 2 is 1.87 bits per heavy atom. The molecule has 4 atom stereocenters. The summed E-state index contributed by atoms with van der Waals surface area (Å²) in [6, 6.07) is 7.49. The first-order valence-electron chi connectivity index (χ1n) is 13.1. The van der Waals surface area contributed by atoms with Crippen LogP contribution in [0, 0.1) is 17.7 Å². The Kier molecular flexibility index (Phi) is 7.25. The first-order valence-corrected chi connectivity index (χ1v) is 14.6. The van der Waals surface area contributed by atoms with Crippen LogP contribution >= 0.6 is 39.1 Å². The van der Waals surface area contributed by atoms with E-state index in [-0.39, 0.29) is 40.3 Å². The number of ether oxygens (including phenoxy) is 1. The topological polar surface area (TPSA) is 79.5 Å². The lowest BCUT2D eigenvalue weighted by atomic mass is 9.57. The summed E-state index contributed by atoms with van der Waals surface area (Å²) in [5, 5.41) is 10.4. The van der Waals surface area contributed by atoms with Gasteiger partial charge in [0.15, 0.2) is 0 Å². The Morgan fingerprint density at radius 1 is 1.08 bits per heavy atom. The summed E-state index contributed by atoms with van der Waals surface area (Å²) in [4.78, 5) is 27.7. The molecule has 2 saturated heterocycles. The van der Waals surface area contributed by atoms with Gasteiger partial charge >= 0.3 is 0 Å². The molecule has 0 aromatic heterocycles. The number of halogens is 4. The Labute approximate surface area is 244 Å². The maximum absolute atomic E-state index is 16.3. The number of piperidine rings is 2. The number of anilines is 1. The second-order valence-electron chi connectivity index (χ2n) is 10.5. The van der Waals surface area contributed by atoms with Crippen LogP contribution in [-0.2, 0) is 15.0 Å². The van der Waals surface area contributed by atoms with E-state index in [1.54, 1.807) is 30.3 Å². The number of nitrogens with one attached hydrogen (secondary N) is 3. The molecular weight excluding hydrogens is 608 g/mol. The number of hydrogen-bond acceptors (Lipinski definition) is 4. The highest BCUT2D eigenvalue weighted by Crippen LogP contribution is 2.59. The second kappa shape index (κ2) is 10.5. The lowest BCUT2D eigenvalue weighted by molar-refractivity contribution is -0.135. The van der Waals surface area contributed by atoms with Gasteiger partial charge in [-0.1, -0.05) is 41.4 Å². The average molecular weight is 635 g/mol. The molecule has 10 heteroatoms. The molecule has 2 aromatic carbocycles. The minimum atomic E-state index is -1.34. The summed E-state index contributed by atoms with van der Waals surface area (Å²) in [7, 11) is 0. The number of rotatable bonds is 4. The molecule has 4 aliphatic rings. The molecule has 1 aliphatic carbocycles. The van der Waals surface area contributed by atoms with E-state index in [0.717, 1.165) is 25.9 Å². The van der Waals surface area contributed by atoms with Gasteiger partial charge < -0.3 is 20.7 Å². The predicted octanol–water partition coefficient (Wildman–Crippen LogP) is 6.14. The molecule has 0 radical (unpaired) electrons. The summed E-state index contributed by atoms with van der Waals surface area (Å²) >= 11 is 16.1. The third-order valence-electron chi connectivity index (χ3n) is 8.35. The van der Waals surface area contributed by atoms with Crippen molar-refractivity contribution in [1.82, 2.24) is 10.6 Å². The fraction of sp³-hybridized carbons (Fsp3) is 0.379. The van der Waals surface area contributed by atoms with Crippen LogP contribution in [0.1, 0.15) is 42.9 Å². The van der Waals surface area contributed by atoms with Crippen LogP contribution in [0.2, 0.25) is 5.02 Å². The largest absolute Gasteiger partial charge is 0.490 e. The molecular formula is C29H27BrCl2FN3O3. The second-order valence-corrected chi connectivity index (χ2v) is 12.3. The van der Waals surface area contributed by atoms with Crippen LogP contribution in [0.25, 0.3) is 0 Å². The molecule has 3 aliphatic heterocycles. The fourth-order valence-corrected chi connectivity index (χ4v) is 7.40. The lowest BCUT2D eigenvalue weighted by Gasteiger charge is -2.49. The fourth-order valence-electron chi connectivity index (χ4n) is 6.63. The first-order chi connectivity index (χ1) is 18.8. The predicted molar refractivity (Wildman–Crippen MR) is 153 cm³/mol. The molecule has 2 fully saturated rings. The zero-order valence-corrected chi connectivity index (χ0v) is 24.0. The number of carbonyl (C=O) groups is 2. The van der Waals surface area contributed by atoms with Crippen molar-refractivity contribution in [3.8, 4) is 5.75 Å². The van der Waals surface area contributed by atoms with Gasteiger partial charge in [0.2, 0.25) is 11.8 Å². The van der Waals surface area contributed by atoms with Gasteiger partial charge in [-0.15, -0.1) is 0 Å². The molecule has 0 saturated carbocycles. The van der Waals surface area contributed by atoms with Gasteiger partial charge in [-0.3, -0.25) is 9.59 Å². The van der Waals surface area contributed by atoms with Crippen LogP contribution in [0.3, 0.4) is 0 Å². The van der Waals surface area contributed by atoms with E-state index in [2.05, 4.69) is 31.9 Å². The van der Waals surface area contributed by atoms with Crippen molar-refractivity contribution in [1.29, 1.82) is 0 Å². The summed E-state index contributed by atoms with van der Waals surface area (Å²) < 4.78 is 22.9. The number of fused-ring (bicyclic) bond motifs is 2. The summed E-state index contributed by atoms with van der Waals surface area (Å²) in [5.41, 5.74) is 0.0281. The minimum Gasteiger partial charge on any atom is -0.490 e. The Morgan fingerprint density at radius 3 is 2.64 bits per heavy atom. The van der Waals surface area contributed by atoms with Crippen molar-refractivity contribution >= 4 is 56.6 Å². The van der Waals surface area contributed by atoms with Crippen molar-refractivity contribution in [3.63, 3.8) is 0 Å². The third-order valence-corrected chi connectivity index (χ3v) is 9.47. The first kappa shape index (κ1) is 26.8. The minimum absolute atomic E-state index is 0.0747. The van der Waals surface area contributed by atoms with Crippen LogP contribution in [0.4, 0.5) is 10.1 Å². The molecule has 6 nitrogen and oxygen atoms in total. The average Bonchev–Trinajstić information content (AvgIpc) is 3.19. The molecule has 1 spiro atoms. The van der Waals surface area contributed by atoms with E-state index in [4.69, 9.17) is 27.9 Å². The molecule has 0 bridgehead atoms. The molecule has 1 unspecified atom stereocenters. The number of allylic oxidation sites excluding steroid dienone is 4. The Hall–Kier alpha value is -2.39. The van der Waals surface area contributed by atoms with Gasteiger partial charge in [-0.05, 0) is 96.0 Å². The lowest BCUT2D eigenvalue weighted by Crippen LogP contribution is -2.59. The molecule has 3 N–H and O–H groups in total. The van der Waals surface area contributed by atoms with Crippen LogP contribution in [-0.4, -0.2) is 31.0 Å². The molecule has 204 valence electrons. The smallest absolute Gasteiger partial charge is 0.237 e. The highest BCUT2D eigenvalue weighted by Gasteiger charge is 2.63. The number of amides is 2. The summed E-state index contributed by atoms with van der Waals surface area (Å²) in [6.45, 7) is 1.59. The van der Waals surface area contributed by atoms with Crippen LogP contribution in [0.15, 0.2) is 58.1 Å². The molecule has 2 amide bonds. The van der Waals surface area contributed by atoms with Crippen molar-refractivity contribution in [2.24, 2.45) is 11.8 Å². The normalized spacial score (nSPS) is 28.6. The SMILES string of the molecule is O=C1C[C@@H](C2C=CC=C(Cl)C2)[C@]2(C(=O)Nc3cc(Cl)ccc32)[C@@H](c2c(OC3CCNCC3)ccc(Br)c2F)N1. The van der Waals surface area contributed by atoms with Crippen molar-refractivity contribution < 1.29 is 18.7 Å². The number of carbonyl (C=O) groups excluding carboxylic acids is 2. The van der Waals surface area contributed by atoms with E-state index in [9.17, 15) is 9.59 Å². The maximum Gasteiger partial charge on any atom is 0.237 e. The molecule has 6 rings (SSSR count). The number of benzene rings is 2. The Balaban J connectivity index is 1.57.